The Morgan fingerprint density at radius 2 is 1.81 bits per heavy atom. The highest BCUT2D eigenvalue weighted by Crippen LogP contribution is 2.33. The van der Waals surface area contributed by atoms with Crippen molar-refractivity contribution in [2.75, 3.05) is 70.4 Å². The summed E-state index contributed by atoms with van der Waals surface area (Å²) in [4.78, 5) is 12.5. The van der Waals surface area contributed by atoms with E-state index in [9.17, 15) is 10.2 Å². The van der Waals surface area contributed by atoms with Crippen LogP contribution in [0.2, 0.25) is 0 Å². The van der Waals surface area contributed by atoms with Crippen LogP contribution < -0.4 is 10.2 Å². The first-order valence-corrected chi connectivity index (χ1v) is 13.6. The fraction of sp³-hybridized carbons (Fsp3) is 0.462. The summed E-state index contributed by atoms with van der Waals surface area (Å²) in [5.74, 6) is 0.921. The third-order valence-corrected chi connectivity index (χ3v) is 8.56. The number of thiophene rings is 1. The molecule has 6 rings (SSSR count). The van der Waals surface area contributed by atoms with Gasteiger partial charge in [-0.2, -0.15) is 0 Å². The lowest BCUT2D eigenvalue weighted by atomic mass is 10.1. The molecule has 0 aliphatic carbocycles. The molecule has 0 spiro atoms. The number of anilines is 1. The average molecular weight is 508 g/mol. The van der Waals surface area contributed by atoms with Crippen LogP contribution in [-0.2, 0) is 0 Å². The number of hydrogen-bond acceptors (Lipinski definition) is 9. The number of nitrogens with zero attached hydrogens (tertiary/aromatic N) is 6. The summed E-state index contributed by atoms with van der Waals surface area (Å²) in [7, 11) is 0. The monoisotopic (exact) mass is 507 g/mol. The highest BCUT2D eigenvalue weighted by atomic mass is 32.1. The number of aromatic nitrogens is 3. The lowest BCUT2D eigenvalue weighted by molar-refractivity contribution is -0.00641. The van der Waals surface area contributed by atoms with E-state index in [1.165, 1.54) is 10.1 Å². The Labute approximate surface area is 214 Å². The van der Waals surface area contributed by atoms with Crippen LogP contribution in [0.3, 0.4) is 0 Å². The van der Waals surface area contributed by atoms with E-state index in [0.717, 1.165) is 74.4 Å². The van der Waals surface area contributed by atoms with Gasteiger partial charge >= 0.3 is 0 Å². The van der Waals surface area contributed by atoms with Gasteiger partial charge in [0.1, 0.15) is 11.5 Å². The Morgan fingerprint density at radius 1 is 1.00 bits per heavy atom. The first kappa shape index (κ1) is 23.8. The number of imidazole rings is 1. The van der Waals surface area contributed by atoms with Crippen LogP contribution in [0.15, 0.2) is 48.7 Å². The number of piperazine rings is 2. The average Bonchev–Trinajstić information content (AvgIpc) is 3.54. The maximum absolute atomic E-state index is 10.9. The SMILES string of the molecule is OCC(C(O)CN1CCNCC1)N1CCN(c2ccc3ncc(-c4cc5ccccc5s4)n3n2)CC1. The van der Waals surface area contributed by atoms with Crippen LogP contribution in [0.25, 0.3) is 26.3 Å². The second kappa shape index (κ2) is 10.4. The van der Waals surface area contributed by atoms with Gasteiger partial charge in [-0.05, 0) is 29.7 Å². The summed E-state index contributed by atoms with van der Waals surface area (Å²) in [6.07, 6.45) is 1.34. The van der Waals surface area contributed by atoms with Crippen molar-refractivity contribution in [1.82, 2.24) is 29.7 Å². The number of β-amino-alcohol motifs (C(OH)–C–C–N with tert-alkyl or cyclic N) is 1. The predicted octanol–water partition coefficient (Wildman–Crippen LogP) is 1.36. The molecular weight excluding hydrogens is 474 g/mol. The molecule has 2 aliphatic rings. The molecule has 36 heavy (non-hydrogen) atoms. The van der Waals surface area contributed by atoms with Crippen LogP contribution in [0.4, 0.5) is 5.82 Å². The Morgan fingerprint density at radius 3 is 2.58 bits per heavy atom. The van der Waals surface area contributed by atoms with Crippen LogP contribution in [0, 0.1) is 0 Å². The van der Waals surface area contributed by atoms with Gasteiger partial charge in [-0.25, -0.2) is 9.50 Å². The molecule has 2 unspecified atom stereocenters. The minimum atomic E-state index is -0.566. The molecule has 3 aromatic heterocycles. The number of aliphatic hydroxyl groups is 2. The zero-order chi connectivity index (χ0) is 24.5. The fourth-order valence-corrected chi connectivity index (χ4v) is 6.41. The molecule has 2 atom stereocenters. The number of aliphatic hydroxyl groups excluding tert-OH is 2. The predicted molar refractivity (Wildman–Crippen MR) is 144 cm³/mol. The van der Waals surface area contributed by atoms with Crippen molar-refractivity contribution < 1.29 is 10.2 Å². The minimum absolute atomic E-state index is 0.0367. The van der Waals surface area contributed by atoms with Crippen molar-refractivity contribution in [3.63, 3.8) is 0 Å². The van der Waals surface area contributed by atoms with Gasteiger partial charge in [0.2, 0.25) is 0 Å². The van der Waals surface area contributed by atoms with Crippen molar-refractivity contribution in [2.45, 2.75) is 12.1 Å². The topological polar surface area (TPSA) is 92.4 Å². The fourth-order valence-electron chi connectivity index (χ4n) is 5.35. The van der Waals surface area contributed by atoms with Crippen molar-refractivity contribution in [3.8, 4) is 10.6 Å². The van der Waals surface area contributed by atoms with Crippen molar-refractivity contribution >= 4 is 32.9 Å². The van der Waals surface area contributed by atoms with Gasteiger partial charge < -0.3 is 20.4 Å². The Bertz CT molecular complexity index is 1280. The second-order valence-corrected chi connectivity index (χ2v) is 10.7. The maximum Gasteiger partial charge on any atom is 0.154 e. The molecule has 4 aromatic rings. The Hall–Kier alpha value is -2.60. The number of benzene rings is 1. The van der Waals surface area contributed by atoms with E-state index in [2.05, 4.69) is 55.3 Å². The van der Waals surface area contributed by atoms with E-state index < -0.39 is 6.10 Å². The van der Waals surface area contributed by atoms with Crippen LogP contribution >= 0.6 is 11.3 Å². The van der Waals surface area contributed by atoms with E-state index in [0.29, 0.717) is 6.54 Å². The zero-order valence-corrected chi connectivity index (χ0v) is 21.1. The Kier molecular flexibility index (Phi) is 6.87. The lowest BCUT2D eigenvalue weighted by Gasteiger charge is -2.41. The summed E-state index contributed by atoms with van der Waals surface area (Å²) in [6, 6.07) is 14.4. The van der Waals surface area contributed by atoms with Gasteiger partial charge in [0.15, 0.2) is 5.65 Å². The third-order valence-electron chi connectivity index (χ3n) is 7.42. The molecule has 5 heterocycles. The van der Waals surface area contributed by atoms with Gasteiger partial charge in [-0.15, -0.1) is 16.4 Å². The largest absolute Gasteiger partial charge is 0.395 e. The molecule has 0 bridgehead atoms. The van der Waals surface area contributed by atoms with Crippen LogP contribution in [0.5, 0.6) is 0 Å². The van der Waals surface area contributed by atoms with E-state index in [1.54, 1.807) is 11.3 Å². The normalized spacial score (nSPS) is 19.8. The smallest absolute Gasteiger partial charge is 0.154 e. The number of rotatable bonds is 7. The molecule has 3 N–H and O–H groups in total. The van der Waals surface area contributed by atoms with Crippen LogP contribution in [0.1, 0.15) is 0 Å². The molecule has 2 saturated heterocycles. The van der Waals surface area contributed by atoms with Gasteiger partial charge in [0.25, 0.3) is 0 Å². The Balaban J connectivity index is 1.15. The van der Waals surface area contributed by atoms with Gasteiger partial charge in [0.05, 0.1) is 29.8 Å². The summed E-state index contributed by atoms with van der Waals surface area (Å²) in [5, 5.41) is 30.5. The van der Waals surface area contributed by atoms with Gasteiger partial charge in [0, 0.05) is 63.6 Å². The van der Waals surface area contributed by atoms with E-state index in [-0.39, 0.29) is 12.6 Å². The third kappa shape index (κ3) is 4.72. The molecule has 10 heteroatoms. The summed E-state index contributed by atoms with van der Waals surface area (Å²) >= 11 is 1.76. The molecule has 2 fully saturated rings. The number of nitrogens with one attached hydrogen (secondary N) is 1. The first-order valence-electron chi connectivity index (χ1n) is 12.7. The molecule has 190 valence electrons. The van der Waals surface area contributed by atoms with Crippen LogP contribution in [-0.4, -0.2) is 112 Å². The lowest BCUT2D eigenvalue weighted by Crippen LogP contribution is -2.58. The first-order chi connectivity index (χ1) is 17.7. The van der Waals surface area contributed by atoms with Crippen molar-refractivity contribution in [1.29, 1.82) is 0 Å². The highest BCUT2D eigenvalue weighted by molar-refractivity contribution is 7.22. The number of hydrogen-bond donors (Lipinski definition) is 3. The zero-order valence-electron chi connectivity index (χ0n) is 20.3. The van der Waals surface area contributed by atoms with Crippen molar-refractivity contribution in [2.24, 2.45) is 0 Å². The molecule has 0 radical (unpaired) electrons. The van der Waals surface area contributed by atoms with Gasteiger partial charge in [-0.3, -0.25) is 9.80 Å². The van der Waals surface area contributed by atoms with E-state index >= 15 is 0 Å². The maximum atomic E-state index is 10.9. The van der Waals surface area contributed by atoms with Crippen molar-refractivity contribution in [3.05, 3.63) is 48.7 Å². The number of fused-ring (bicyclic) bond motifs is 2. The molecule has 0 saturated carbocycles. The van der Waals surface area contributed by atoms with E-state index in [1.807, 2.05) is 22.8 Å². The molecule has 9 nitrogen and oxygen atoms in total. The summed E-state index contributed by atoms with van der Waals surface area (Å²) < 4.78 is 3.20. The standard InChI is InChI=1S/C26H33N7O2S/c34-18-21(22(35)17-30-9-7-27-8-10-30)31-11-13-32(14-12-31)26-6-5-25-28-16-20(33(25)29-26)24-15-19-3-1-2-4-23(19)36-24/h1-6,15-16,21-22,27,34-35H,7-14,17-18H2. The quantitative estimate of drug-likeness (QED) is 0.345. The molecule has 1 aromatic carbocycles. The highest BCUT2D eigenvalue weighted by Gasteiger charge is 2.30. The summed E-state index contributed by atoms with van der Waals surface area (Å²) in [6.45, 7) is 7.49. The van der Waals surface area contributed by atoms with Gasteiger partial charge in [-0.1, -0.05) is 18.2 Å². The minimum Gasteiger partial charge on any atom is -0.395 e. The second-order valence-electron chi connectivity index (χ2n) is 9.64. The molecular formula is C26H33N7O2S. The summed E-state index contributed by atoms with van der Waals surface area (Å²) in [5.41, 5.74) is 1.84. The molecule has 0 amide bonds. The van der Waals surface area contributed by atoms with E-state index in [4.69, 9.17) is 5.10 Å². The molecule has 2 aliphatic heterocycles.